The molecule has 3 heterocycles. The van der Waals surface area contributed by atoms with Crippen LogP contribution < -0.4 is 4.90 Å². The van der Waals surface area contributed by atoms with Gasteiger partial charge in [0, 0.05) is 45.1 Å². The monoisotopic (exact) mass is 347 g/mol. The number of halogens is 1. The van der Waals surface area contributed by atoms with Crippen LogP contribution in [0.1, 0.15) is 29.4 Å². The largest absolute Gasteiger partial charge is 0.353 e. The summed E-state index contributed by atoms with van der Waals surface area (Å²) in [6, 6.07) is 3.76. The van der Waals surface area contributed by atoms with Crippen LogP contribution in [0.5, 0.6) is 0 Å². The lowest BCUT2D eigenvalue weighted by Crippen LogP contribution is -2.49. The number of piperazine rings is 1. The van der Waals surface area contributed by atoms with Crippen molar-refractivity contribution < 1.29 is 4.79 Å². The molecular weight excluding hydrogens is 326 g/mol. The quantitative estimate of drug-likeness (QED) is 0.853. The van der Waals surface area contributed by atoms with Crippen LogP contribution in [0.15, 0.2) is 24.5 Å². The molecule has 0 spiro atoms. The van der Waals surface area contributed by atoms with Gasteiger partial charge in [0.1, 0.15) is 5.82 Å². The highest BCUT2D eigenvalue weighted by atomic mass is 35.5. The van der Waals surface area contributed by atoms with Gasteiger partial charge in [-0.25, -0.2) is 4.98 Å². The van der Waals surface area contributed by atoms with Crippen molar-refractivity contribution >= 4 is 23.3 Å². The molecule has 0 aromatic carbocycles. The first-order chi connectivity index (χ1) is 11.6. The second-order valence-electron chi connectivity index (χ2n) is 6.01. The van der Waals surface area contributed by atoms with Crippen LogP contribution in [-0.4, -0.2) is 51.8 Å². The first-order valence-corrected chi connectivity index (χ1v) is 8.66. The third kappa shape index (κ3) is 3.53. The van der Waals surface area contributed by atoms with Crippen LogP contribution in [-0.2, 0) is 6.54 Å². The fourth-order valence-electron chi connectivity index (χ4n) is 2.94. The number of carbonyl (C=O) groups excluding carboxylic acids is 1. The molecule has 0 radical (unpaired) electrons. The lowest BCUT2D eigenvalue weighted by molar-refractivity contribution is 0.0745. The summed E-state index contributed by atoms with van der Waals surface area (Å²) in [7, 11) is 0. The number of amides is 1. The number of hydrogen-bond acceptors (Lipinski definition) is 4. The highest BCUT2D eigenvalue weighted by molar-refractivity contribution is 6.30. The Morgan fingerprint density at radius 1 is 1.25 bits per heavy atom. The number of aryl methyl sites for hydroxylation is 2. The minimum atomic E-state index is 0.0681. The molecule has 7 heteroatoms. The molecule has 128 valence electrons. The Hall–Kier alpha value is -2.08. The van der Waals surface area contributed by atoms with Crippen molar-refractivity contribution in [1.82, 2.24) is 19.7 Å². The summed E-state index contributed by atoms with van der Waals surface area (Å²) in [5.74, 6) is 0.969. The van der Waals surface area contributed by atoms with Gasteiger partial charge >= 0.3 is 0 Å². The summed E-state index contributed by atoms with van der Waals surface area (Å²) in [6.45, 7) is 7.73. The minimum absolute atomic E-state index is 0.0681. The average Bonchev–Trinajstić information content (AvgIpc) is 2.96. The van der Waals surface area contributed by atoms with Crippen molar-refractivity contribution in [3.63, 3.8) is 0 Å². The molecule has 2 aromatic heterocycles. The summed E-state index contributed by atoms with van der Waals surface area (Å²) in [6.07, 6.45) is 4.52. The summed E-state index contributed by atoms with van der Waals surface area (Å²) in [5, 5.41) is 5.05. The summed E-state index contributed by atoms with van der Waals surface area (Å²) in [5.41, 5.74) is 1.51. The first kappa shape index (κ1) is 16.8. The number of rotatable bonds is 4. The smallest absolute Gasteiger partial charge is 0.257 e. The fraction of sp³-hybridized carbons (Fsp3) is 0.471. The Balaban J connectivity index is 1.63. The van der Waals surface area contributed by atoms with Crippen LogP contribution in [0, 0.1) is 6.92 Å². The second-order valence-corrected chi connectivity index (χ2v) is 6.44. The van der Waals surface area contributed by atoms with Gasteiger partial charge in [-0.3, -0.25) is 9.48 Å². The van der Waals surface area contributed by atoms with E-state index in [1.165, 1.54) is 0 Å². The van der Waals surface area contributed by atoms with Crippen molar-refractivity contribution in [3.8, 4) is 0 Å². The number of hydrogen-bond donors (Lipinski definition) is 0. The van der Waals surface area contributed by atoms with Crippen LogP contribution in [0.4, 0.5) is 5.82 Å². The maximum absolute atomic E-state index is 12.7. The maximum Gasteiger partial charge on any atom is 0.257 e. The number of pyridine rings is 1. The van der Waals surface area contributed by atoms with Crippen LogP contribution in [0.2, 0.25) is 5.02 Å². The number of nitrogens with zero attached hydrogens (tertiary/aromatic N) is 5. The second kappa shape index (κ2) is 7.21. The van der Waals surface area contributed by atoms with E-state index in [2.05, 4.69) is 21.9 Å². The third-order valence-corrected chi connectivity index (χ3v) is 4.46. The average molecular weight is 348 g/mol. The predicted octanol–water partition coefficient (Wildman–Crippen LogP) is 2.61. The van der Waals surface area contributed by atoms with E-state index in [0.29, 0.717) is 23.7 Å². The molecule has 0 atom stereocenters. The van der Waals surface area contributed by atoms with Crippen molar-refractivity contribution in [2.75, 3.05) is 31.1 Å². The van der Waals surface area contributed by atoms with Gasteiger partial charge in [0.05, 0.1) is 16.3 Å². The molecule has 1 saturated heterocycles. The molecule has 0 saturated carbocycles. The number of carbonyl (C=O) groups is 1. The lowest BCUT2D eigenvalue weighted by Gasteiger charge is -2.35. The normalized spacial score (nSPS) is 15.0. The van der Waals surface area contributed by atoms with E-state index in [1.54, 1.807) is 6.20 Å². The first-order valence-electron chi connectivity index (χ1n) is 8.28. The summed E-state index contributed by atoms with van der Waals surface area (Å²) in [4.78, 5) is 21.2. The van der Waals surface area contributed by atoms with Gasteiger partial charge in [-0.2, -0.15) is 5.10 Å². The van der Waals surface area contributed by atoms with E-state index in [-0.39, 0.29) is 5.91 Å². The maximum atomic E-state index is 12.7. The topological polar surface area (TPSA) is 54.3 Å². The Kier molecular flexibility index (Phi) is 5.04. The van der Waals surface area contributed by atoms with E-state index < -0.39 is 0 Å². The number of anilines is 1. The van der Waals surface area contributed by atoms with E-state index in [4.69, 9.17) is 11.6 Å². The Morgan fingerprint density at radius 3 is 2.62 bits per heavy atom. The standard InChI is InChI=1S/C17H22ClN5O/c1-3-6-23-12-15(13(2)20-23)17(24)22-9-7-21(8-10-22)16-5-4-14(18)11-19-16/h4-5,11-12H,3,6-10H2,1-2H3. The highest BCUT2D eigenvalue weighted by Gasteiger charge is 2.25. The van der Waals surface area contributed by atoms with Gasteiger partial charge in [0.25, 0.3) is 5.91 Å². The molecule has 0 N–H and O–H groups in total. The Bertz CT molecular complexity index is 704. The zero-order valence-electron chi connectivity index (χ0n) is 14.1. The van der Waals surface area contributed by atoms with E-state index in [9.17, 15) is 4.79 Å². The van der Waals surface area contributed by atoms with Crippen molar-refractivity contribution in [2.45, 2.75) is 26.8 Å². The van der Waals surface area contributed by atoms with Gasteiger partial charge in [0.15, 0.2) is 0 Å². The molecular formula is C17H22ClN5O. The molecule has 1 amide bonds. The van der Waals surface area contributed by atoms with E-state index in [1.807, 2.05) is 34.8 Å². The zero-order valence-corrected chi connectivity index (χ0v) is 14.8. The molecule has 1 aliphatic heterocycles. The van der Waals surface area contributed by atoms with Crippen LogP contribution in [0.3, 0.4) is 0 Å². The molecule has 0 bridgehead atoms. The van der Waals surface area contributed by atoms with Crippen LogP contribution in [0.25, 0.3) is 0 Å². The SMILES string of the molecule is CCCn1cc(C(=O)N2CCN(c3ccc(Cl)cn3)CC2)c(C)n1. The van der Waals surface area contributed by atoms with E-state index >= 15 is 0 Å². The zero-order chi connectivity index (χ0) is 17.1. The van der Waals surface area contributed by atoms with Gasteiger partial charge in [0.2, 0.25) is 0 Å². The predicted molar refractivity (Wildman–Crippen MR) is 94.6 cm³/mol. The van der Waals surface area contributed by atoms with Gasteiger partial charge in [-0.1, -0.05) is 18.5 Å². The van der Waals surface area contributed by atoms with Gasteiger partial charge < -0.3 is 9.80 Å². The van der Waals surface area contributed by atoms with Gasteiger partial charge in [-0.05, 0) is 25.5 Å². The van der Waals surface area contributed by atoms with Crippen molar-refractivity contribution in [3.05, 3.63) is 40.8 Å². The summed E-state index contributed by atoms with van der Waals surface area (Å²) >= 11 is 5.88. The van der Waals surface area contributed by atoms with Crippen LogP contribution >= 0.6 is 11.6 Å². The van der Waals surface area contributed by atoms with Gasteiger partial charge in [-0.15, -0.1) is 0 Å². The highest BCUT2D eigenvalue weighted by Crippen LogP contribution is 2.18. The molecule has 1 aliphatic rings. The van der Waals surface area contributed by atoms with Crippen molar-refractivity contribution in [2.24, 2.45) is 0 Å². The minimum Gasteiger partial charge on any atom is -0.353 e. The molecule has 3 rings (SSSR count). The Labute approximate surface area is 147 Å². The van der Waals surface area contributed by atoms with E-state index in [0.717, 1.165) is 37.6 Å². The number of aromatic nitrogens is 3. The van der Waals surface area contributed by atoms with Crippen molar-refractivity contribution in [1.29, 1.82) is 0 Å². The molecule has 2 aromatic rings. The Morgan fingerprint density at radius 2 is 2.00 bits per heavy atom. The molecule has 24 heavy (non-hydrogen) atoms. The molecule has 0 unspecified atom stereocenters. The molecule has 1 fully saturated rings. The lowest BCUT2D eigenvalue weighted by atomic mass is 10.2. The molecule has 0 aliphatic carbocycles. The third-order valence-electron chi connectivity index (χ3n) is 4.23. The fourth-order valence-corrected chi connectivity index (χ4v) is 3.05. The molecule has 6 nitrogen and oxygen atoms in total. The summed E-state index contributed by atoms with van der Waals surface area (Å²) < 4.78 is 1.86.